The Balaban J connectivity index is 2.20. The SMILES string of the molecule is CCn1ncc2c1nc(C)c1c(OCCN)nc3cc(C)nn3c12. The molecule has 24 heavy (non-hydrogen) atoms. The summed E-state index contributed by atoms with van der Waals surface area (Å²) in [5.74, 6) is 0.541. The Morgan fingerprint density at radius 2 is 2.08 bits per heavy atom. The van der Waals surface area contributed by atoms with Gasteiger partial charge in [0.15, 0.2) is 11.3 Å². The lowest BCUT2D eigenvalue weighted by molar-refractivity contribution is 0.320. The second-order valence-electron chi connectivity index (χ2n) is 5.73. The standard InChI is InChI=1S/C16H19N7O/c1-4-22-15-11(8-18-22)14-13(10(3)19-15)16(24-6-5-17)20-12-7-9(2)21-23(12)14/h7-8H,4-6,17H2,1-3H3. The number of ether oxygens (including phenoxy) is 1. The lowest BCUT2D eigenvalue weighted by Crippen LogP contribution is -2.12. The van der Waals surface area contributed by atoms with Crippen LogP contribution < -0.4 is 10.5 Å². The van der Waals surface area contributed by atoms with Gasteiger partial charge in [-0.1, -0.05) is 0 Å². The van der Waals surface area contributed by atoms with Crippen molar-refractivity contribution in [3.63, 3.8) is 0 Å². The number of fused-ring (bicyclic) bond motifs is 5. The average Bonchev–Trinajstić information content (AvgIpc) is 3.14. The Bertz CT molecular complexity index is 1060. The van der Waals surface area contributed by atoms with Crippen molar-refractivity contribution in [2.45, 2.75) is 27.3 Å². The van der Waals surface area contributed by atoms with Gasteiger partial charge in [0.05, 0.1) is 33.9 Å². The van der Waals surface area contributed by atoms with Crippen LogP contribution in [0.3, 0.4) is 0 Å². The fraction of sp³-hybridized carbons (Fsp3) is 0.375. The topological polar surface area (TPSA) is 96.1 Å². The molecule has 4 heterocycles. The van der Waals surface area contributed by atoms with E-state index < -0.39 is 0 Å². The van der Waals surface area contributed by atoms with Gasteiger partial charge in [0, 0.05) is 19.2 Å². The normalized spacial score (nSPS) is 11.8. The summed E-state index contributed by atoms with van der Waals surface area (Å²) in [5.41, 5.74) is 9.82. The first kappa shape index (κ1) is 14.8. The Hall–Kier alpha value is -2.74. The maximum absolute atomic E-state index is 5.80. The zero-order valence-electron chi connectivity index (χ0n) is 13.9. The highest BCUT2D eigenvalue weighted by atomic mass is 16.5. The second-order valence-corrected chi connectivity index (χ2v) is 5.73. The molecule has 0 fully saturated rings. The van der Waals surface area contributed by atoms with E-state index in [1.54, 1.807) is 0 Å². The van der Waals surface area contributed by atoms with Crippen molar-refractivity contribution in [3.05, 3.63) is 23.7 Å². The summed E-state index contributed by atoms with van der Waals surface area (Å²) >= 11 is 0. The minimum atomic E-state index is 0.400. The van der Waals surface area contributed by atoms with Crippen LogP contribution in [-0.4, -0.2) is 42.5 Å². The molecule has 0 aliphatic carbocycles. The molecular weight excluding hydrogens is 306 g/mol. The van der Waals surface area contributed by atoms with Crippen LogP contribution in [0.4, 0.5) is 0 Å². The molecule has 0 aliphatic heterocycles. The number of nitrogens with zero attached hydrogens (tertiary/aromatic N) is 6. The molecule has 0 saturated heterocycles. The molecule has 0 atom stereocenters. The number of pyridine rings is 1. The number of rotatable bonds is 4. The van der Waals surface area contributed by atoms with Gasteiger partial charge >= 0.3 is 0 Å². The van der Waals surface area contributed by atoms with Gasteiger partial charge < -0.3 is 10.5 Å². The minimum absolute atomic E-state index is 0.400. The van der Waals surface area contributed by atoms with Gasteiger partial charge in [0.1, 0.15) is 6.61 Å². The van der Waals surface area contributed by atoms with E-state index in [1.165, 1.54) is 0 Å². The average molecular weight is 325 g/mol. The van der Waals surface area contributed by atoms with Crippen molar-refractivity contribution in [2.75, 3.05) is 13.2 Å². The zero-order valence-corrected chi connectivity index (χ0v) is 13.9. The quantitative estimate of drug-likeness (QED) is 0.612. The van der Waals surface area contributed by atoms with E-state index in [4.69, 9.17) is 15.5 Å². The first-order valence-electron chi connectivity index (χ1n) is 7.99. The summed E-state index contributed by atoms with van der Waals surface area (Å²) in [4.78, 5) is 9.34. The summed E-state index contributed by atoms with van der Waals surface area (Å²) in [5, 5.41) is 10.8. The molecule has 0 bridgehead atoms. The molecule has 0 spiro atoms. The van der Waals surface area contributed by atoms with Gasteiger partial charge in [-0.3, -0.25) is 0 Å². The molecular formula is C16H19N7O. The largest absolute Gasteiger partial charge is 0.476 e. The molecule has 0 aliphatic rings. The van der Waals surface area contributed by atoms with E-state index in [1.807, 2.05) is 42.2 Å². The van der Waals surface area contributed by atoms with Crippen molar-refractivity contribution in [1.82, 2.24) is 29.4 Å². The monoisotopic (exact) mass is 325 g/mol. The molecule has 0 aromatic carbocycles. The molecule has 124 valence electrons. The Morgan fingerprint density at radius 3 is 2.83 bits per heavy atom. The van der Waals surface area contributed by atoms with Crippen LogP contribution in [0.25, 0.3) is 27.6 Å². The van der Waals surface area contributed by atoms with Crippen molar-refractivity contribution < 1.29 is 4.74 Å². The van der Waals surface area contributed by atoms with Crippen LogP contribution in [0.2, 0.25) is 0 Å². The first-order valence-corrected chi connectivity index (χ1v) is 7.99. The third-order valence-electron chi connectivity index (χ3n) is 4.05. The predicted molar refractivity (Wildman–Crippen MR) is 91.3 cm³/mol. The predicted octanol–water partition coefficient (Wildman–Crippen LogP) is 1.60. The van der Waals surface area contributed by atoms with Crippen LogP contribution in [0.1, 0.15) is 18.3 Å². The van der Waals surface area contributed by atoms with Crippen molar-refractivity contribution in [2.24, 2.45) is 5.73 Å². The van der Waals surface area contributed by atoms with Crippen LogP contribution in [0.5, 0.6) is 5.88 Å². The first-order chi connectivity index (χ1) is 11.6. The van der Waals surface area contributed by atoms with E-state index in [0.717, 1.165) is 45.5 Å². The van der Waals surface area contributed by atoms with Crippen molar-refractivity contribution >= 4 is 27.6 Å². The van der Waals surface area contributed by atoms with Gasteiger partial charge in [-0.15, -0.1) is 0 Å². The van der Waals surface area contributed by atoms with Gasteiger partial charge in [-0.05, 0) is 20.8 Å². The van der Waals surface area contributed by atoms with Gasteiger partial charge in [-0.2, -0.15) is 15.2 Å². The van der Waals surface area contributed by atoms with E-state index in [9.17, 15) is 0 Å². The van der Waals surface area contributed by atoms with Crippen LogP contribution in [0.15, 0.2) is 12.3 Å². The maximum Gasteiger partial charge on any atom is 0.226 e. The summed E-state index contributed by atoms with van der Waals surface area (Å²) in [6.45, 7) is 7.52. The van der Waals surface area contributed by atoms with E-state index >= 15 is 0 Å². The molecule has 0 radical (unpaired) electrons. The summed E-state index contributed by atoms with van der Waals surface area (Å²) < 4.78 is 9.53. The smallest absolute Gasteiger partial charge is 0.226 e. The second kappa shape index (κ2) is 5.41. The summed E-state index contributed by atoms with van der Waals surface area (Å²) in [6, 6.07) is 1.93. The van der Waals surface area contributed by atoms with E-state index in [-0.39, 0.29) is 0 Å². The van der Waals surface area contributed by atoms with Gasteiger partial charge in [-0.25, -0.2) is 14.2 Å². The molecule has 0 amide bonds. The zero-order chi connectivity index (χ0) is 16.8. The van der Waals surface area contributed by atoms with Crippen LogP contribution >= 0.6 is 0 Å². The fourth-order valence-electron chi connectivity index (χ4n) is 3.04. The highest BCUT2D eigenvalue weighted by Gasteiger charge is 2.19. The molecule has 4 rings (SSSR count). The maximum atomic E-state index is 5.80. The Labute approximate surface area is 138 Å². The Morgan fingerprint density at radius 1 is 1.25 bits per heavy atom. The van der Waals surface area contributed by atoms with Crippen molar-refractivity contribution in [1.29, 1.82) is 0 Å². The lowest BCUT2D eigenvalue weighted by Gasteiger charge is -2.12. The van der Waals surface area contributed by atoms with E-state index in [0.29, 0.717) is 19.0 Å². The highest BCUT2D eigenvalue weighted by molar-refractivity contribution is 6.05. The van der Waals surface area contributed by atoms with Crippen LogP contribution in [0, 0.1) is 13.8 Å². The van der Waals surface area contributed by atoms with Gasteiger partial charge in [0.25, 0.3) is 0 Å². The number of aryl methyl sites for hydroxylation is 3. The minimum Gasteiger partial charge on any atom is -0.476 e. The highest BCUT2D eigenvalue weighted by Crippen LogP contribution is 2.32. The number of hydrogen-bond donors (Lipinski definition) is 1. The third kappa shape index (κ3) is 2.03. The molecule has 2 N–H and O–H groups in total. The lowest BCUT2D eigenvalue weighted by atomic mass is 10.2. The molecule has 8 nitrogen and oxygen atoms in total. The number of hydrogen-bond acceptors (Lipinski definition) is 6. The van der Waals surface area contributed by atoms with Crippen molar-refractivity contribution in [3.8, 4) is 5.88 Å². The molecule has 8 heteroatoms. The number of nitrogens with two attached hydrogens (primary N) is 1. The van der Waals surface area contributed by atoms with E-state index in [2.05, 4.69) is 15.2 Å². The molecule has 0 unspecified atom stereocenters. The fourth-order valence-corrected chi connectivity index (χ4v) is 3.04. The molecule has 4 aromatic heterocycles. The Kier molecular flexibility index (Phi) is 3.34. The summed E-state index contributed by atoms with van der Waals surface area (Å²) in [7, 11) is 0. The molecule has 4 aromatic rings. The molecule has 0 saturated carbocycles. The van der Waals surface area contributed by atoms with Gasteiger partial charge in [0.2, 0.25) is 5.88 Å². The number of aromatic nitrogens is 6. The summed E-state index contributed by atoms with van der Waals surface area (Å²) in [6.07, 6.45) is 1.83. The third-order valence-corrected chi connectivity index (χ3v) is 4.05. The van der Waals surface area contributed by atoms with Crippen LogP contribution in [-0.2, 0) is 6.54 Å².